The van der Waals surface area contributed by atoms with Crippen LogP contribution in [-0.2, 0) is 4.74 Å². The van der Waals surface area contributed by atoms with Crippen molar-refractivity contribution in [1.82, 2.24) is 19.9 Å². The number of fused-ring (bicyclic) bond motifs is 1. The van der Waals surface area contributed by atoms with E-state index >= 15 is 0 Å². The van der Waals surface area contributed by atoms with E-state index in [2.05, 4.69) is 25.3 Å². The molecule has 3 aromatic rings. The van der Waals surface area contributed by atoms with E-state index in [0.29, 0.717) is 21.9 Å². The number of carbonyl (C=O) groups excluding carboxylic acids is 1. The van der Waals surface area contributed by atoms with Crippen LogP contribution in [0.1, 0.15) is 31.3 Å². The third-order valence-corrected chi connectivity index (χ3v) is 5.27. The second-order valence-electron chi connectivity index (χ2n) is 7.35. The van der Waals surface area contributed by atoms with Crippen LogP contribution in [0, 0.1) is 6.92 Å². The van der Waals surface area contributed by atoms with Crippen molar-refractivity contribution in [3.8, 4) is 0 Å². The summed E-state index contributed by atoms with van der Waals surface area (Å²) >= 11 is 6.06. The number of rotatable bonds is 5. The second kappa shape index (κ2) is 8.10. The Morgan fingerprint density at radius 1 is 1.26 bits per heavy atom. The van der Waals surface area contributed by atoms with Crippen molar-refractivity contribution in [3.63, 3.8) is 0 Å². The predicted molar refractivity (Wildman–Crippen MR) is 114 cm³/mol. The number of hydrogen-bond acceptors (Lipinski definition) is 7. The number of ether oxygens (including phenoxy) is 1. The largest absolute Gasteiger partial charge is 0.447 e. The summed E-state index contributed by atoms with van der Waals surface area (Å²) in [6.07, 6.45) is -2.05. The van der Waals surface area contributed by atoms with E-state index in [1.165, 1.54) is 6.92 Å². The van der Waals surface area contributed by atoms with Gasteiger partial charge >= 0.3 is 6.09 Å². The predicted octanol–water partition coefficient (Wildman–Crippen LogP) is 3.53. The third-order valence-electron chi connectivity index (χ3n) is 5.03. The van der Waals surface area contributed by atoms with Crippen molar-refractivity contribution < 1.29 is 13.9 Å². The quantitative estimate of drug-likeness (QED) is 0.616. The number of aryl methyl sites for hydroxylation is 1. The molecule has 31 heavy (non-hydrogen) atoms. The molecule has 0 bridgehead atoms. The topological polar surface area (TPSA) is 113 Å². The Bertz CT molecular complexity index is 1220. The summed E-state index contributed by atoms with van der Waals surface area (Å²) in [5.41, 5.74) is 0.850. The molecule has 1 aliphatic heterocycles. The van der Waals surface area contributed by atoms with Gasteiger partial charge in [0.2, 0.25) is 11.9 Å². The molecule has 11 heteroatoms. The molecule has 2 unspecified atom stereocenters. The normalized spacial score (nSPS) is 18.2. The molecule has 2 N–H and O–H groups in total. The maximum atomic E-state index is 13.9. The summed E-state index contributed by atoms with van der Waals surface area (Å²) in [5.74, 6) is 0.452. The van der Waals surface area contributed by atoms with Crippen LogP contribution < -0.4 is 15.8 Å². The van der Waals surface area contributed by atoms with Gasteiger partial charge in [-0.3, -0.25) is 4.79 Å². The maximum absolute atomic E-state index is 13.9. The van der Waals surface area contributed by atoms with E-state index < -0.39 is 24.3 Å². The molecule has 1 fully saturated rings. The number of halogens is 2. The molecule has 1 aromatic carbocycles. The second-order valence-corrected chi connectivity index (χ2v) is 7.79. The number of H-pyrrole nitrogens is 1. The Morgan fingerprint density at radius 3 is 2.77 bits per heavy atom. The van der Waals surface area contributed by atoms with E-state index in [-0.39, 0.29) is 24.1 Å². The summed E-state index contributed by atoms with van der Waals surface area (Å²) in [5, 5.41) is 4.39. The molecule has 162 valence electrons. The van der Waals surface area contributed by atoms with Crippen LogP contribution in [0.25, 0.3) is 10.9 Å². The van der Waals surface area contributed by atoms with Gasteiger partial charge in [0.15, 0.2) is 0 Å². The maximum Gasteiger partial charge on any atom is 0.417 e. The number of alkyl halides is 1. The highest BCUT2D eigenvalue weighted by Crippen LogP contribution is 2.25. The summed E-state index contributed by atoms with van der Waals surface area (Å²) < 4.78 is 18.9. The lowest BCUT2D eigenvalue weighted by atomic mass is 10.1. The summed E-state index contributed by atoms with van der Waals surface area (Å²) in [7, 11) is 0. The number of cyclic esters (lactones) is 1. The Kier molecular flexibility index (Phi) is 5.48. The standard InChI is InChI=1S/C20H20ClFN6O3/c1-9(22)16-8-31-20(30)28(16)19-25-11(3)24-18(27-19)23-10(2)14-7-12-6-13(21)4-5-15(12)26-17(14)29/h4-7,9-10,16H,8H2,1-3H3,(H,26,29)(H,23,24,25,27)/t9?,10-,16?/m1/s1. The van der Waals surface area contributed by atoms with Crippen molar-refractivity contribution >= 4 is 40.5 Å². The van der Waals surface area contributed by atoms with Crippen LogP contribution in [0.15, 0.2) is 29.1 Å². The molecule has 0 saturated carbocycles. The number of nitrogens with zero attached hydrogens (tertiary/aromatic N) is 4. The summed E-state index contributed by atoms with van der Waals surface area (Å²) in [4.78, 5) is 41.2. The van der Waals surface area contributed by atoms with Crippen LogP contribution in [0.3, 0.4) is 0 Å². The Balaban J connectivity index is 1.65. The third kappa shape index (κ3) is 4.15. The zero-order chi connectivity index (χ0) is 22.3. The van der Waals surface area contributed by atoms with E-state index in [4.69, 9.17) is 16.3 Å². The molecular weight excluding hydrogens is 427 g/mol. The van der Waals surface area contributed by atoms with Gasteiger partial charge in [-0.25, -0.2) is 14.1 Å². The zero-order valence-corrected chi connectivity index (χ0v) is 17.8. The number of pyridine rings is 1. The van der Waals surface area contributed by atoms with Crippen LogP contribution in [-0.4, -0.2) is 44.8 Å². The lowest BCUT2D eigenvalue weighted by Crippen LogP contribution is -2.40. The fourth-order valence-corrected chi connectivity index (χ4v) is 3.61. The fourth-order valence-electron chi connectivity index (χ4n) is 3.43. The van der Waals surface area contributed by atoms with Crippen LogP contribution in [0.4, 0.5) is 21.1 Å². The van der Waals surface area contributed by atoms with Gasteiger partial charge in [-0.15, -0.1) is 0 Å². The Labute approximate surface area is 181 Å². The average Bonchev–Trinajstić information content (AvgIpc) is 3.09. The van der Waals surface area contributed by atoms with Crippen molar-refractivity contribution in [3.05, 3.63) is 51.0 Å². The van der Waals surface area contributed by atoms with Gasteiger partial charge in [0.05, 0.1) is 6.04 Å². The monoisotopic (exact) mass is 446 g/mol. The Morgan fingerprint density at radius 2 is 2.03 bits per heavy atom. The Hall–Kier alpha value is -3.27. The van der Waals surface area contributed by atoms with E-state index in [9.17, 15) is 14.0 Å². The minimum atomic E-state index is -1.33. The van der Waals surface area contributed by atoms with Gasteiger partial charge in [-0.1, -0.05) is 11.6 Å². The average molecular weight is 447 g/mol. The van der Waals surface area contributed by atoms with Crippen molar-refractivity contribution in [2.45, 2.75) is 39.0 Å². The molecule has 3 heterocycles. The number of amides is 1. The zero-order valence-electron chi connectivity index (χ0n) is 17.0. The first-order valence-electron chi connectivity index (χ1n) is 9.64. The van der Waals surface area contributed by atoms with Gasteiger partial charge < -0.3 is 15.0 Å². The van der Waals surface area contributed by atoms with Gasteiger partial charge in [0, 0.05) is 21.5 Å². The first-order chi connectivity index (χ1) is 14.7. The molecule has 4 rings (SSSR count). The molecule has 1 aliphatic rings. The van der Waals surface area contributed by atoms with Crippen LogP contribution >= 0.6 is 11.6 Å². The first kappa shape index (κ1) is 21.0. The number of hydrogen-bond donors (Lipinski definition) is 2. The lowest BCUT2D eigenvalue weighted by Gasteiger charge is -2.21. The minimum absolute atomic E-state index is 0.0154. The van der Waals surface area contributed by atoms with Gasteiger partial charge in [0.1, 0.15) is 24.6 Å². The molecule has 0 radical (unpaired) electrons. The van der Waals surface area contributed by atoms with E-state index in [0.717, 1.165) is 10.3 Å². The number of nitrogens with one attached hydrogen (secondary N) is 2. The smallest absolute Gasteiger partial charge is 0.417 e. The number of aromatic amines is 1. The highest BCUT2D eigenvalue weighted by molar-refractivity contribution is 6.31. The highest BCUT2D eigenvalue weighted by Gasteiger charge is 2.40. The number of anilines is 2. The molecule has 0 aliphatic carbocycles. The van der Waals surface area contributed by atoms with Gasteiger partial charge in [0.25, 0.3) is 5.56 Å². The molecule has 1 amide bonds. The van der Waals surface area contributed by atoms with Gasteiger partial charge in [-0.2, -0.15) is 15.0 Å². The van der Waals surface area contributed by atoms with Gasteiger partial charge in [-0.05, 0) is 45.0 Å². The molecule has 0 spiro atoms. The summed E-state index contributed by atoms with van der Waals surface area (Å²) in [6, 6.07) is 5.62. The molecule has 1 saturated heterocycles. The minimum Gasteiger partial charge on any atom is -0.447 e. The van der Waals surface area contributed by atoms with Crippen molar-refractivity contribution in [2.24, 2.45) is 0 Å². The fraction of sp³-hybridized carbons (Fsp3) is 0.350. The summed E-state index contributed by atoms with van der Waals surface area (Å²) in [6.45, 7) is 4.65. The molecule has 9 nitrogen and oxygen atoms in total. The van der Waals surface area contributed by atoms with Crippen molar-refractivity contribution in [2.75, 3.05) is 16.8 Å². The molecular formula is C20H20ClFN6O3. The molecule has 3 atom stereocenters. The lowest BCUT2D eigenvalue weighted by molar-refractivity contribution is 0.174. The number of carbonyl (C=O) groups is 1. The number of aromatic nitrogens is 4. The number of benzene rings is 1. The van der Waals surface area contributed by atoms with Crippen LogP contribution in [0.2, 0.25) is 5.02 Å². The van der Waals surface area contributed by atoms with E-state index in [1.807, 2.05) is 0 Å². The highest BCUT2D eigenvalue weighted by atomic mass is 35.5. The van der Waals surface area contributed by atoms with Crippen molar-refractivity contribution in [1.29, 1.82) is 0 Å². The first-order valence-corrected chi connectivity index (χ1v) is 10.0. The SMILES string of the molecule is Cc1nc(N[C@H](C)c2cc3cc(Cl)ccc3[nH]c2=O)nc(N2C(=O)OCC2C(C)F)n1. The molecule has 2 aromatic heterocycles. The van der Waals surface area contributed by atoms with Crippen LogP contribution in [0.5, 0.6) is 0 Å². The van der Waals surface area contributed by atoms with E-state index in [1.54, 1.807) is 38.1 Å².